The van der Waals surface area contributed by atoms with E-state index in [-0.39, 0.29) is 35.4 Å². The Labute approximate surface area is 172 Å². The number of hydrogen-bond acceptors (Lipinski definition) is 7. The van der Waals surface area contributed by atoms with Gasteiger partial charge in [0.25, 0.3) is 0 Å². The van der Waals surface area contributed by atoms with Crippen LogP contribution in [0, 0.1) is 10.1 Å². The molecule has 29 heavy (non-hydrogen) atoms. The number of nitrogens with zero attached hydrogens (tertiary/aromatic N) is 4. The summed E-state index contributed by atoms with van der Waals surface area (Å²) in [6.45, 7) is 2.16. The number of nitro groups is 1. The minimum atomic E-state index is -1.08. The molecule has 9 nitrogen and oxygen atoms in total. The fourth-order valence-electron chi connectivity index (χ4n) is 3.42. The number of benzene rings is 1. The topological polar surface area (TPSA) is 119 Å². The Kier molecular flexibility index (Phi) is 6.60. The lowest BCUT2D eigenvalue weighted by Gasteiger charge is -2.45. The van der Waals surface area contributed by atoms with E-state index in [4.69, 9.17) is 16.3 Å². The summed E-state index contributed by atoms with van der Waals surface area (Å²) in [5.41, 5.74) is 0.672. The first-order valence-corrected chi connectivity index (χ1v) is 9.62. The molecule has 154 valence electrons. The van der Waals surface area contributed by atoms with Gasteiger partial charge in [0.05, 0.1) is 17.6 Å². The van der Waals surface area contributed by atoms with Crippen molar-refractivity contribution in [1.82, 2.24) is 9.97 Å². The number of carboxylic acids is 1. The minimum absolute atomic E-state index is 0.0645. The Morgan fingerprint density at radius 3 is 2.69 bits per heavy atom. The van der Waals surface area contributed by atoms with Crippen LogP contribution in [0.25, 0.3) is 0 Å². The van der Waals surface area contributed by atoms with E-state index < -0.39 is 16.9 Å². The number of aromatic nitrogens is 2. The van der Waals surface area contributed by atoms with Crippen molar-refractivity contribution in [2.75, 3.05) is 4.90 Å². The van der Waals surface area contributed by atoms with Crippen molar-refractivity contribution in [2.45, 2.75) is 51.0 Å². The summed E-state index contributed by atoms with van der Waals surface area (Å²) in [6, 6.07) is 8.48. The smallest absolute Gasteiger partial charge is 0.329 e. The average molecular weight is 421 g/mol. The van der Waals surface area contributed by atoms with Crippen molar-refractivity contribution in [2.24, 2.45) is 0 Å². The molecule has 1 saturated carbocycles. The molecule has 0 radical (unpaired) electrons. The number of hydrogen-bond donors (Lipinski definition) is 1. The van der Waals surface area contributed by atoms with Crippen LogP contribution in [0.15, 0.2) is 36.5 Å². The SMILES string of the molecule is CCC(C(=O)O)N(c1nc(Cl)ncc1[N+](=O)[O-])C1CC(OCc2ccccc2)C1. The maximum Gasteiger partial charge on any atom is 0.329 e. The zero-order valence-corrected chi connectivity index (χ0v) is 16.5. The van der Waals surface area contributed by atoms with Crippen molar-refractivity contribution >= 4 is 29.1 Å². The van der Waals surface area contributed by atoms with Gasteiger partial charge in [-0.2, -0.15) is 4.98 Å². The van der Waals surface area contributed by atoms with Gasteiger partial charge in [-0.05, 0) is 36.4 Å². The second-order valence-corrected chi connectivity index (χ2v) is 7.16. The van der Waals surface area contributed by atoms with Crippen LogP contribution < -0.4 is 4.90 Å². The Balaban J connectivity index is 1.79. The molecule has 1 fully saturated rings. The molecule has 10 heteroatoms. The molecule has 1 aliphatic carbocycles. The van der Waals surface area contributed by atoms with Crippen LogP contribution in [0.1, 0.15) is 31.7 Å². The zero-order valence-electron chi connectivity index (χ0n) is 15.8. The number of aliphatic carboxylic acids is 1. The number of rotatable bonds is 9. The van der Waals surface area contributed by atoms with E-state index in [1.807, 2.05) is 30.3 Å². The molecule has 2 aromatic rings. The first-order chi connectivity index (χ1) is 13.9. The molecule has 1 atom stereocenters. The average Bonchev–Trinajstić information content (AvgIpc) is 2.66. The molecule has 0 amide bonds. The predicted octanol–water partition coefficient (Wildman–Crippen LogP) is 3.46. The van der Waals surface area contributed by atoms with Gasteiger partial charge in [-0.15, -0.1) is 0 Å². The summed E-state index contributed by atoms with van der Waals surface area (Å²) in [4.78, 5) is 31.8. The van der Waals surface area contributed by atoms with E-state index in [1.54, 1.807) is 6.92 Å². The Morgan fingerprint density at radius 1 is 1.41 bits per heavy atom. The quantitative estimate of drug-likeness (QED) is 0.372. The van der Waals surface area contributed by atoms with Gasteiger partial charge >= 0.3 is 11.7 Å². The lowest BCUT2D eigenvalue weighted by molar-refractivity contribution is -0.384. The molecule has 1 aromatic carbocycles. The van der Waals surface area contributed by atoms with Crippen LogP contribution in [-0.4, -0.2) is 44.2 Å². The highest BCUT2D eigenvalue weighted by Gasteiger charge is 2.42. The highest BCUT2D eigenvalue weighted by Crippen LogP contribution is 2.38. The van der Waals surface area contributed by atoms with Crippen molar-refractivity contribution in [3.05, 3.63) is 57.5 Å². The molecule has 0 spiro atoms. The van der Waals surface area contributed by atoms with Gasteiger partial charge < -0.3 is 14.7 Å². The highest BCUT2D eigenvalue weighted by atomic mass is 35.5. The second kappa shape index (κ2) is 9.15. The molecule has 0 saturated heterocycles. The van der Waals surface area contributed by atoms with Gasteiger partial charge in [0, 0.05) is 6.04 Å². The van der Waals surface area contributed by atoms with Gasteiger partial charge in [-0.25, -0.2) is 9.78 Å². The third kappa shape index (κ3) is 4.80. The van der Waals surface area contributed by atoms with Crippen LogP contribution in [0.3, 0.4) is 0 Å². The fourth-order valence-corrected chi connectivity index (χ4v) is 3.55. The summed E-state index contributed by atoms with van der Waals surface area (Å²) in [6.07, 6.45) is 2.27. The number of carboxylic acid groups (broad SMARTS) is 1. The van der Waals surface area contributed by atoms with Crippen LogP contribution in [0.4, 0.5) is 11.5 Å². The largest absolute Gasteiger partial charge is 0.480 e. The third-order valence-electron chi connectivity index (χ3n) is 4.96. The summed E-state index contributed by atoms with van der Waals surface area (Å²) < 4.78 is 5.89. The number of carbonyl (C=O) groups is 1. The fraction of sp³-hybridized carbons (Fsp3) is 0.421. The van der Waals surface area contributed by atoms with E-state index in [1.165, 1.54) is 4.90 Å². The summed E-state index contributed by atoms with van der Waals surface area (Å²) in [5.74, 6) is -1.15. The first kappa shape index (κ1) is 20.9. The molecule has 1 unspecified atom stereocenters. The maximum absolute atomic E-state index is 11.8. The van der Waals surface area contributed by atoms with Crippen LogP contribution in [0.2, 0.25) is 5.28 Å². The van der Waals surface area contributed by atoms with Gasteiger partial charge in [0.2, 0.25) is 11.1 Å². The Bertz CT molecular complexity index is 876. The number of halogens is 1. The molecule has 1 aliphatic rings. The monoisotopic (exact) mass is 420 g/mol. The molecule has 1 aromatic heterocycles. The highest BCUT2D eigenvalue weighted by molar-refractivity contribution is 6.28. The molecule has 1 heterocycles. The van der Waals surface area contributed by atoms with Crippen molar-refractivity contribution < 1.29 is 19.6 Å². The van der Waals surface area contributed by atoms with E-state index in [9.17, 15) is 20.0 Å². The lowest BCUT2D eigenvalue weighted by atomic mass is 9.86. The van der Waals surface area contributed by atoms with Crippen molar-refractivity contribution in [1.29, 1.82) is 0 Å². The van der Waals surface area contributed by atoms with Gasteiger partial charge in [0.1, 0.15) is 12.2 Å². The van der Waals surface area contributed by atoms with Crippen molar-refractivity contribution in [3.8, 4) is 0 Å². The van der Waals surface area contributed by atoms with E-state index in [2.05, 4.69) is 9.97 Å². The minimum Gasteiger partial charge on any atom is -0.480 e. The third-order valence-corrected chi connectivity index (χ3v) is 5.14. The summed E-state index contributed by atoms with van der Waals surface area (Å²) >= 11 is 5.86. The molecular weight excluding hydrogens is 400 g/mol. The van der Waals surface area contributed by atoms with Crippen LogP contribution in [0.5, 0.6) is 0 Å². The van der Waals surface area contributed by atoms with Crippen molar-refractivity contribution in [3.63, 3.8) is 0 Å². The molecule has 1 N–H and O–H groups in total. The first-order valence-electron chi connectivity index (χ1n) is 9.24. The maximum atomic E-state index is 11.8. The zero-order chi connectivity index (χ0) is 21.0. The molecule has 0 aliphatic heterocycles. The number of ether oxygens (including phenoxy) is 1. The van der Waals surface area contributed by atoms with E-state index >= 15 is 0 Å². The van der Waals surface area contributed by atoms with E-state index in [0.717, 1.165) is 11.8 Å². The van der Waals surface area contributed by atoms with Gasteiger partial charge in [0.15, 0.2) is 0 Å². The van der Waals surface area contributed by atoms with Gasteiger partial charge in [-0.3, -0.25) is 10.1 Å². The summed E-state index contributed by atoms with van der Waals surface area (Å²) in [7, 11) is 0. The summed E-state index contributed by atoms with van der Waals surface area (Å²) in [5, 5.41) is 21.0. The number of anilines is 1. The lowest BCUT2D eigenvalue weighted by Crippen LogP contribution is -2.55. The predicted molar refractivity (Wildman–Crippen MR) is 106 cm³/mol. The van der Waals surface area contributed by atoms with Gasteiger partial charge in [-0.1, -0.05) is 37.3 Å². The molecule has 0 bridgehead atoms. The second-order valence-electron chi connectivity index (χ2n) is 6.82. The standard InChI is InChI=1S/C19H21ClN4O5/c1-2-15(18(25)26)23(17-16(24(27)28)10-21-19(20)22-17)13-8-14(9-13)29-11-12-6-4-3-5-7-12/h3-7,10,13-15H,2,8-9,11H2,1H3,(H,25,26). The normalized spacial score (nSPS) is 19.2. The Morgan fingerprint density at radius 2 is 2.10 bits per heavy atom. The van der Waals surface area contributed by atoms with Crippen LogP contribution in [-0.2, 0) is 16.1 Å². The van der Waals surface area contributed by atoms with Crippen LogP contribution >= 0.6 is 11.6 Å². The van der Waals surface area contributed by atoms with E-state index in [0.29, 0.717) is 19.4 Å². The molecular formula is C19H21ClN4O5. The Hall–Kier alpha value is -2.78. The molecule has 3 rings (SSSR count).